The van der Waals surface area contributed by atoms with Gasteiger partial charge in [0, 0.05) is 46.1 Å². The Hall–Kier alpha value is -4.65. The molecule has 9 nitrogen and oxygen atoms in total. The number of aromatic nitrogens is 3. The first kappa shape index (κ1) is 30.4. The number of nitrogens with one attached hydrogen (secondary N) is 1. The van der Waals surface area contributed by atoms with E-state index in [0.717, 1.165) is 16.5 Å². The summed E-state index contributed by atoms with van der Waals surface area (Å²) in [6.07, 6.45) is 4.36. The molecule has 1 aliphatic carbocycles. The minimum Gasteiger partial charge on any atom is -0.494 e. The van der Waals surface area contributed by atoms with Crippen LogP contribution in [-0.2, 0) is 11.2 Å². The summed E-state index contributed by atoms with van der Waals surface area (Å²) in [4.78, 5) is 11.5. The summed E-state index contributed by atoms with van der Waals surface area (Å²) >= 11 is 0. The number of methoxy groups -OCH3 is 1. The fourth-order valence-electron chi connectivity index (χ4n) is 5.70. The number of hydrogen-bond acceptors (Lipinski definition) is 8. The number of H-pyrrole nitrogens is 1. The molecule has 5 aromatic rings. The smallest absolute Gasteiger partial charge is 0.159 e. The van der Waals surface area contributed by atoms with Crippen LogP contribution in [-0.4, -0.2) is 49.5 Å². The van der Waals surface area contributed by atoms with Gasteiger partial charge in [0.15, 0.2) is 11.4 Å². The Balaban J connectivity index is 1.44. The summed E-state index contributed by atoms with van der Waals surface area (Å²) in [5.74, 6) is 5.37. The van der Waals surface area contributed by atoms with E-state index in [4.69, 9.17) is 16.3 Å². The van der Waals surface area contributed by atoms with E-state index in [9.17, 15) is 14.6 Å². The molecule has 0 saturated heterocycles. The maximum Gasteiger partial charge on any atom is 0.159 e. The lowest BCUT2D eigenvalue weighted by Gasteiger charge is -2.35. The van der Waals surface area contributed by atoms with Crippen molar-refractivity contribution in [1.82, 2.24) is 20.0 Å². The van der Waals surface area contributed by atoms with Gasteiger partial charge in [0.25, 0.3) is 0 Å². The Labute approximate surface area is 256 Å². The van der Waals surface area contributed by atoms with Crippen LogP contribution >= 0.6 is 0 Å². The van der Waals surface area contributed by atoms with Gasteiger partial charge < -0.3 is 30.7 Å². The van der Waals surface area contributed by atoms with Crippen LogP contribution in [0.5, 0.6) is 5.75 Å². The number of hydrogen-bond donors (Lipinski definition) is 5. The Bertz CT molecular complexity index is 1970. The fraction of sp³-hybridized carbons (Fsp3) is 0.273. The molecular formula is C33H33F3N6O3. The van der Waals surface area contributed by atoms with E-state index in [2.05, 4.69) is 15.0 Å². The molecule has 1 unspecified atom stereocenters. The third kappa shape index (κ3) is 5.24. The van der Waals surface area contributed by atoms with Gasteiger partial charge in [-0.15, -0.1) is 0 Å². The molecule has 1 atom stereocenters. The largest absolute Gasteiger partial charge is 0.494 e. The first-order valence-electron chi connectivity index (χ1n) is 14.3. The highest BCUT2D eigenvalue weighted by molar-refractivity contribution is 5.95. The van der Waals surface area contributed by atoms with Crippen LogP contribution in [0, 0.1) is 11.6 Å². The van der Waals surface area contributed by atoms with Gasteiger partial charge in [0.1, 0.15) is 28.4 Å². The number of benzene rings is 2. The van der Waals surface area contributed by atoms with Crippen molar-refractivity contribution in [2.45, 2.75) is 43.6 Å². The van der Waals surface area contributed by atoms with E-state index in [0.29, 0.717) is 22.2 Å². The molecule has 0 bridgehead atoms. The van der Waals surface area contributed by atoms with Crippen LogP contribution in [0.4, 0.5) is 13.2 Å². The highest BCUT2D eigenvalue weighted by Crippen LogP contribution is 2.54. The number of nitrogens with two attached hydrogens (primary N) is 2. The van der Waals surface area contributed by atoms with Crippen molar-refractivity contribution in [3.8, 4) is 17.0 Å². The average molecular weight is 619 g/mol. The number of halogens is 3. The Morgan fingerprint density at radius 1 is 1.16 bits per heavy atom. The zero-order valence-corrected chi connectivity index (χ0v) is 24.9. The molecule has 3 heterocycles. The first-order chi connectivity index (χ1) is 21.3. The van der Waals surface area contributed by atoms with Gasteiger partial charge in [-0.05, 0) is 57.0 Å². The molecule has 45 heavy (non-hydrogen) atoms. The highest BCUT2D eigenvalue weighted by Gasteiger charge is 2.62. The number of aromatic amines is 1. The number of para-hydroxylation sites is 1. The van der Waals surface area contributed by atoms with Crippen LogP contribution < -0.4 is 16.3 Å². The molecule has 6 rings (SSSR count). The second kappa shape index (κ2) is 10.8. The third-order valence-electron chi connectivity index (χ3n) is 8.33. The minimum absolute atomic E-state index is 0.00402. The summed E-state index contributed by atoms with van der Waals surface area (Å²) in [5, 5.41) is 25.1. The van der Waals surface area contributed by atoms with Crippen molar-refractivity contribution < 1.29 is 28.1 Å². The number of ether oxygens (including phenoxy) is 1. The van der Waals surface area contributed by atoms with Crippen LogP contribution in [0.2, 0.25) is 0 Å². The molecule has 0 radical (unpaired) electrons. The number of rotatable bonds is 9. The molecule has 1 aliphatic rings. The Morgan fingerprint density at radius 3 is 2.60 bits per heavy atom. The van der Waals surface area contributed by atoms with E-state index >= 15 is 8.78 Å². The Morgan fingerprint density at radius 2 is 1.91 bits per heavy atom. The second-order valence-corrected chi connectivity index (χ2v) is 12.0. The maximum absolute atomic E-state index is 16.2. The van der Waals surface area contributed by atoms with E-state index in [1.807, 2.05) is 6.07 Å². The van der Waals surface area contributed by atoms with E-state index < -0.39 is 35.1 Å². The highest BCUT2D eigenvalue weighted by atomic mass is 19.1. The maximum atomic E-state index is 16.2. The number of nitrogens with zero attached hydrogens (tertiary/aromatic N) is 3. The molecule has 7 N–H and O–H groups in total. The molecular weight excluding hydrogens is 585 g/mol. The average Bonchev–Trinajstić information content (AvgIpc) is 3.61. The van der Waals surface area contributed by atoms with Crippen molar-refractivity contribution in [3.63, 3.8) is 0 Å². The third-order valence-corrected chi connectivity index (χ3v) is 8.33. The molecule has 2 aromatic carbocycles. The summed E-state index contributed by atoms with van der Waals surface area (Å²) < 4.78 is 52.2. The van der Waals surface area contributed by atoms with Crippen LogP contribution in [0.3, 0.4) is 0 Å². The zero-order chi connectivity index (χ0) is 32.3. The Kier molecular flexibility index (Phi) is 7.26. The molecule has 12 heteroatoms. The molecule has 1 saturated carbocycles. The lowest BCUT2D eigenvalue weighted by molar-refractivity contribution is -0.0755. The quantitative estimate of drug-likeness (QED) is 0.113. The monoisotopic (exact) mass is 618 g/mol. The van der Waals surface area contributed by atoms with Crippen molar-refractivity contribution >= 4 is 27.5 Å². The zero-order valence-electron chi connectivity index (χ0n) is 24.9. The number of aliphatic hydroxyl groups is 2. The molecule has 3 aromatic heterocycles. The summed E-state index contributed by atoms with van der Waals surface area (Å²) in [7, 11) is 1.51. The molecule has 1 fully saturated rings. The van der Waals surface area contributed by atoms with Gasteiger partial charge in [-0.3, -0.25) is 4.98 Å². The molecule has 0 spiro atoms. The van der Waals surface area contributed by atoms with Gasteiger partial charge in [-0.1, -0.05) is 18.2 Å². The van der Waals surface area contributed by atoms with Crippen molar-refractivity contribution in [3.05, 3.63) is 95.6 Å². The predicted molar refractivity (Wildman–Crippen MR) is 165 cm³/mol. The predicted octanol–water partition coefficient (Wildman–Crippen LogP) is 5.12. The fourth-order valence-corrected chi connectivity index (χ4v) is 5.70. The SMILES string of the molecule is COc1cc(/C(N)=C/N(N)CC(O)(c2cc(C(C)(C)O)c(F)c(-c3c[nH]c4c(F)cccc34)n2)C2(F)CC2)cc2cccnc12. The topological polar surface area (TPSA) is 147 Å². The van der Waals surface area contributed by atoms with Gasteiger partial charge in [-0.25, -0.2) is 24.0 Å². The molecule has 234 valence electrons. The van der Waals surface area contributed by atoms with E-state index in [-0.39, 0.29) is 46.6 Å². The first-order valence-corrected chi connectivity index (χ1v) is 14.3. The van der Waals surface area contributed by atoms with Gasteiger partial charge >= 0.3 is 0 Å². The van der Waals surface area contributed by atoms with E-state index in [1.54, 1.807) is 30.5 Å². The van der Waals surface area contributed by atoms with Crippen LogP contribution in [0.25, 0.3) is 38.8 Å². The van der Waals surface area contributed by atoms with Gasteiger partial charge in [0.2, 0.25) is 0 Å². The summed E-state index contributed by atoms with van der Waals surface area (Å²) in [6.45, 7) is 2.20. The van der Waals surface area contributed by atoms with Crippen LogP contribution in [0.1, 0.15) is 43.5 Å². The number of alkyl halides is 1. The number of fused-ring (bicyclic) bond motifs is 2. The number of hydrazine groups is 1. The summed E-state index contributed by atoms with van der Waals surface area (Å²) in [5.41, 5.74) is 1.05. The number of pyridine rings is 2. The second-order valence-electron chi connectivity index (χ2n) is 12.0. The van der Waals surface area contributed by atoms with Crippen LogP contribution in [0.15, 0.2) is 67.1 Å². The standard InChI is InChI=1S/C33H33F3N6O3/c1-31(2,43)22-14-26(41-30(27(22)35)21-15-40-29-20(21)7-4-8-23(29)34)33(44,32(36)9-10-32)17-42(38)16-24(37)19-12-18-6-5-11-39-28(18)25(13-19)45-3/h4-8,11-16,40,43-44H,9-10,17,37-38H2,1-3H3/b24-16-. The van der Waals surface area contributed by atoms with E-state index in [1.165, 1.54) is 45.5 Å². The molecule has 0 aliphatic heterocycles. The van der Waals surface area contributed by atoms with Crippen molar-refractivity contribution in [1.29, 1.82) is 0 Å². The van der Waals surface area contributed by atoms with Crippen molar-refractivity contribution in [2.75, 3.05) is 13.7 Å². The summed E-state index contributed by atoms with van der Waals surface area (Å²) in [6, 6.07) is 12.6. The normalized spacial score (nSPS) is 16.2. The lowest BCUT2D eigenvalue weighted by atomic mass is 9.86. The van der Waals surface area contributed by atoms with Gasteiger partial charge in [-0.2, -0.15) is 0 Å². The molecule has 0 amide bonds. The minimum atomic E-state index is -2.36. The lowest BCUT2D eigenvalue weighted by Crippen LogP contribution is -2.50. The van der Waals surface area contributed by atoms with Crippen molar-refractivity contribution in [2.24, 2.45) is 11.6 Å². The van der Waals surface area contributed by atoms with Gasteiger partial charge in [0.05, 0.1) is 36.2 Å².